The number of ether oxygens (including phenoxy) is 1. The zero-order valence-corrected chi connectivity index (χ0v) is 11.8. The monoisotopic (exact) mass is 248 g/mol. The minimum Gasteiger partial charge on any atom is -0.497 e. The van der Waals surface area contributed by atoms with Crippen LogP contribution in [0, 0.1) is 5.92 Å². The quantitative estimate of drug-likeness (QED) is 0.889. The first-order valence-electron chi connectivity index (χ1n) is 6.76. The predicted octanol–water partition coefficient (Wildman–Crippen LogP) is 2.52. The largest absolute Gasteiger partial charge is 0.497 e. The Hall–Kier alpha value is -1.22. The lowest BCUT2D eigenvalue weighted by Crippen LogP contribution is -2.57. The summed E-state index contributed by atoms with van der Waals surface area (Å²) >= 11 is 0. The van der Waals surface area contributed by atoms with E-state index in [0.717, 1.165) is 18.8 Å². The van der Waals surface area contributed by atoms with Gasteiger partial charge in [0.05, 0.1) is 7.11 Å². The molecule has 3 heteroatoms. The Kier molecular flexibility index (Phi) is 4.12. The Labute approximate surface area is 110 Å². The van der Waals surface area contributed by atoms with E-state index in [4.69, 9.17) is 4.74 Å². The summed E-state index contributed by atoms with van der Waals surface area (Å²) in [5.74, 6) is 1.57. The van der Waals surface area contributed by atoms with Gasteiger partial charge in [-0.15, -0.1) is 0 Å². The van der Waals surface area contributed by atoms with Crippen LogP contribution in [0.4, 0.5) is 5.69 Å². The smallest absolute Gasteiger partial charge is 0.120 e. The van der Waals surface area contributed by atoms with Crippen molar-refractivity contribution in [1.29, 1.82) is 0 Å². The van der Waals surface area contributed by atoms with Crippen LogP contribution >= 0.6 is 0 Å². The van der Waals surface area contributed by atoms with Gasteiger partial charge in [0.1, 0.15) is 5.75 Å². The molecule has 3 nitrogen and oxygen atoms in total. The maximum absolute atomic E-state index is 5.33. The summed E-state index contributed by atoms with van der Waals surface area (Å²) in [6.07, 6.45) is 0. The van der Waals surface area contributed by atoms with Crippen LogP contribution in [-0.2, 0) is 0 Å². The van der Waals surface area contributed by atoms with E-state index in [9.17, 15) is 0 Å². The summed E-state index contributed by atoms with van der Waals surface area (Å²) < 4.78 is 5.33. The molecule has 1 aromatic carbocycles. The molecule has 1 aromatic rings. The van der Waals surface area contributed by atoms with Crippen molar-refractivity contribution in [1.82, 2.24) is 5.32 Å². The van der Waals surface area contributed by atoms with E-state index >= 15 is 0 Å². The second kappa shape index (κ2) is 5.61. The molecule has 2 atom stereocenters. The van der Waals surface area contributed by atoms with Gasteiger partial charge in [-0.3, -0.25) is 0 Å². The Morgan fingerprint density at radius 2 is 2.17 bits per heavy atom. The Balaban J connectivity index is 2.25. The van der Waals surface area contributed by atoms with Gasteiger partial charge in [0.15, 0.2) is 0 Å². The first kappa shape index (κ1) is 13.2. The molecule has 0 amide bonds. The van der Waals surface area contributed by atoms with Crippen molar-refractivity contribution in [3.63, 3.8) is 0 Å². The number of anilines is 1. The van der Waals surface area contributed by atoms with E-state index in [-0.39, 0.29) is 0 Å². The molecule has 2 rings (SSSR count). The molecule has 0 radical (unpaired) electrons. The van der Waals surface area contributed by atoms with Crippen LogP contribution < -0.4 is 15.0 Å². The number of rotatable bonds is 3. The molecule has 1 heterocycles. The first-order valence-corrected chi connectivity index (χ1v) is 6.76. The summed E-state index contributed by atoms with van der Waals surface area (Å²) in [5, 5.41) is 3.57. The van der Waals surface area contributed by atoms with E-state index in [2.05, 4.69) is 49.2 Å². The molecular weight excluding hydrogens is 224 g/mol. The highest BCUT2D eigenvalue weighted by Gasteiger charge is 2.28. The normalized spacial score (nSPS) is 24.4. The van der Waals surface area contributed by atoms with Crippen LogP contribution in [0.3, 0.4) is 0 Å². The molecule has 1 aliphatic heterocycles. The van der Waals surface area contributed by atoms with Gasteiger partial charge in [-0.05, 0) is 25.0 Å². The predicted molar refractivity (Wildman–Crippen MR) is 76.4 cm³/mol. The number of hydrogen-bond donors (Lipinski definition) is 1. The van der Waals surface area contributed by atoms with Crippen LogP contribution in [0.2, 0.25) is 0 Å². The molecular formula is C15H24N2O. The highest BCUT2D eigenvalue weighted by atomic mass is 16.5. The highest BCUT2D eigenvalue weighted by molar-refractivity contribution is 5.52. The summed E-state index contributed by atoms with van der Waals surface area (Å²) in [6.45, 7) is 8.92. The van der Waals surface area contributed by atoms with Gasteiger partial charge in [-0.2, -0.15) is 0 Å². The van der Waals surface area contributed by atoms with E-state index in [1.54, 1.807) is 7.11 Å². The average molecular weight is 248 g/mol. The lowest BCUT2D eigenvalue weighted by molar-refractivity contribution is 0.348. The third kappa shape index (κ3) is 2.78. The van der Waals surface area contributed by atoms with Crippen molar-refractivity contribution in [2.75, 3.05) is 25.1 Å². The second-order valence-electron chi connectivity index (χ2n) is 5.47. The van der Waals surface area contributed by atoms with Gasteiger partial charge in [-0.1, -0.05) is 19.9 Å². The van der Waals surface area contributed by atoms with Crippen LogP contribution in [0.15, 0.2) is 24.3 Å². The van der Waals surface area contributed by atoms with Gasteiger partial charge in [0.2, 0.25) is 0 Å². The van der Waals surface area contributed by atoms with E-state index in [0.29, 0.717) is 18.0 Å². The lowest BCUT2D eigenvalue weighted by Gasteiger charge is -2.43. The molecule has 1 fully saturated rings. The Morgan fingerprint density at radius 1 is 1.39 bits per heavy atom. The first-order chi connectivity index (χ1) is 8.61. The van der Waals surface area contributed by atoms with E-state index < -0.39 is 0 Å². The SMILES string of the molecule is COc1cccc(N2CC(C)NCC2C(C)C)c1. The van der Waals surface area contributed by atoms with Gasteiger partial charge < -0.3 is 15.0 Å². The minimum absolute atomic E-state index is 0.534. The molecule has 100 valence electrons. The van der Waals surface area contributed by atoms with Gasteiger partial charge in [0, 0.05) is 36.9 Å². The maximum Gasteiger partial charge on any atom is 0.120 e. The number of piperazine rings is 1. The van der Waals surface area contributed by atoms with Crippen molar-refractivity contribution in [2.24, 2.45) is 5.92 Å². The van der Waals surface area contributed by atoms with Crippen LogP contribution in [-0.4, -0.2) is 32.3 Å². The summed E-state index contributed by atoms with van der Waals surface area (Å²) in [5.41, 5.74) is 1.27. The fourth-order valence-corrected chi connectivity index (χ4v) is 2.61. The molecule has 1 aliphatic rings. The fourth-order valence-electron chi connectivity index (χ4n) is 2.61. The number of methoxy groups -OCH3 is 1. The molecule has 1 N–H and O–H groups in total. The van der Waals surface area contributed by atoms with Crippen molar-refractivity contribution in [3.05, 3.63) is 24.3 Å². The van der Waals surface area contributed by atoms with Gasteiger partial charge in [0.25, 0.3) is 0 Å². The molecule has 0 spiro atoms. The Morgan fingerprint density at radius 3 is 2.83 bits per heavy atom. The van der Waals surface area contributed by atoms with Crippen LogP contribution in [0.1, 0.15) is 20.8 Å². The number of benzene rings is 1. The van der Waals surface area contributed by atoms with Crippen molar-refractivity contribution in [3.8, 4) is 5.75 Å². The minimum atomic E-state index is 0.534. The van der Waals surface area contributed by atoms with E-state index in [1.807, 2.05) is 6.07 Å². The summed E-state index contributed by atoms with van der Waals surface area (Å²) in [6, 6.07) is 9.46. The summed E-state index contributed by atoms with van der Waals surface area (Å²) in [7, 11) is 1.72. The second-order valence-corrected chi connectivity index (χ2v) is 5.47. The molecule has 0 bridgehead atoms. The van der Waals surface area contributed by atoms with Gasteiger partial charge in [-0.25, -0.2) is 0 Å². The lowest BCUT2D eigenvalue weighted by atomic mass is 9.98. The number of nitrogens with zero attached hydrogens (tertiary/aromatic N) is 1. The Bertz CT molecular complexity index is 392. The molecule has 2 unspecified atom stereocenters. The van der Waals surface area contributed by atoms with Crippen molar-refractivity contribution in [2.45, 2.75) is 32.9 Å². The number of nitrogens with one attached hydrogen (secondary N) is 1. The standard InChI is InChI=1S/C15H24N2O/c1-11(2)15-9-16-12(3)10-17(15)13-6-5-7-14(8-13)18-4/h5-8,11-12,15-16H,9-10H2,1-4H3. The zero-order valence-electron chi connectivity index (χ0n) is 11.8. The zero-order chi connectivity index (χ0) is 13.1. The number of hydrogen-bond acceptors (Lipinski definition) is 3. The molecule has 0 aromatic heterocycles. The third-order valence-electron chi connectivity index (χ3n) is 3.70. The molecule has 0 saturated carbocycles. The topological polar surface area (TPSA) is 24.5 Å². The molecule has 0 aliphatic carbocycles. The average Bonchev–Trinajstić information content (AvgIpc) is 2.38. The van der Waals surface area contributed by atoms with Crippen molar-refractivity contribution >= 4 is 5.69 Å². The molecule has 18 heavy (non-hydrogen) atoms. The summed E-state index contributed by atoms with van der Waals surface area (Å²) in [4.78, 5) is 2.51. The van der Waals surface area contributed by atoms with Gasteiger partial charge >= 0.3 is 0 Å². The third-order valence-corrected chi connectivity index (χ3v) is 3.70. The van der Waals surface area contributed by atoms with Crippen LogP contribution in [0.25, 0.3) is 0 Å². The fraction of sp³-hybridized carbons (Fsp3) is 0.600. The maximum atomic E-state index is 5.33. The molecule has 1 saturated heterocycles. The van der Waals surface area contributed by atoms with E-state index in [1.165, 1.54) is 5.69 Å². The van der Waals surface area contributed by atoms with Crippen LogP contribution in [0.5, 0.6) is 5.75 Å². The van der Waals surface area contributed by atoms with Crippen molar-refractivity contribution < 1.29 is 4.74 Å². The highest BCUT2D eigenvalue weighted by Crippen LogP contribution is 2.26.